The van der Waals surface area contributed by atoms with Gasteiger partial charge in [0.1, 0.15) is 11.8 Å². The van der Waals surface area contributed by atoms with Crippen LogP contribution in [0.1, 0.15) is 30.1 Å². The van der Waals surface area contributed by atoms with Crippen molar-refractivity contribution in [3.63, 3.8) is 0 Å². The quantitative estimate of drug-likeness (QED) is 0.813. The topological polar surface area (TPSA) is 87.7 Å². The minimum absolute atomic E-state index is 0.0314. The molecule has 2 saturated heterocycles. The maximum absolute atomic E-state index is 12.6. The van der Waals surface area contributed by atoms with Crippen LogP contribution in [0.4, 0.5) is 0 Å². The Hall–Kier alpha value is -2.57. The number of nitrogens with one attached hydrogen (secondary N) is 2. The Labute approximate surface area is 140 Å². The summed E-state index contributed by atoms with van der Waals surface area (Å²) >= 11 is 0. The molecule has 3 amide bonds. The molecule has 7 heteroatoms. The van der Waals surface area contributed by atoms with Crippen molar-refractivity contribution in [1.29, 1.82) is 0 Å². The molecule has 2 atom stereocenters. The number of rotatable bonds is 5. The van der Waals surface area contributed by atoms with Gasteiger partial charge in [0.05, 0.1) is 18.7 Å². The van der Waals surface area contributed by atoms with Crippen LogP contribution < -0.4 is 15.4 Å². The second-order valence-electron chi connectivity index (χ2n) is 6.03. The van der Waals surface area contributed by atoms with Gasteiger partial charge in [0, 0.05) is 12.6 Å². The van der Waals surface area contributed by atoms with Gasteiger partial charge in [0.25, 0.3) is 5.91 Å². The van der Waals surface area contributed by atoms with Crippen molar-refractivity contribution in [2.75, 3.05) is 19.7 Å². The predicted molar refractivity (Wildman–Crippen MR) is 86.6 cm³/mol. The van der Waals surface area contributed by atoms with Gasteiger partial charge < -0.3 is 20.3 Å². The molecule has 2 heterocycles. The molecule has 128 valence electrons. The van der Waals surface area contributed by atoms with Gasteiger partial charge in [-0.25, -0.2) is 0 Å². The summed E-state index contributed by atoms with van der Waals surface area (Å²) in [7, 11) is 0. The van der Waals surface area contributed by atoms with Crippen molar-refractivity contribution >= 4 is 17.7 Å². The third kappa shape index (κ3) is 3.20. The molecule has 0 spiro atoms. The van der Waals surface area contributed by atoms with Gasteiger partial charge >= 0.3 is 0 Å². The Morgan fingerprint density at radius 1 is 1.38 bits per heavy atom. The van der Waals surface area contributed by atoms with Gasteiger partial charge in [-0.2, -0.15) is 0 Å². The van der Waals surface area contributed by atoms with Gasteiger partial charge in [-0.1, -0.05) is 19.1 Å². The monoisotopic (exact) mass is 331 g/mol. The number of benzene rings is 1. The maximum atomic E-state index is 12.6. The first-order valence-corrected chi connectivity index (χ1v) is 8.20. The normalized spacial score (nSPS) is 22.8. The van der Waals surface area contributed by atoms with E-state index in [4.69, 9.17) is 4.74 Å². The number of carbonyl (C=O) groups excluding carboxylic acids is 3. The van der Waals surface area contributed by atoms with Crippen LogP contribution in [0.3, 0.4) is 0 Å². The van der Waals surface area contributed by atoms with Crippen LogP contribution in [-0.2, 0) is 9.59 Å². The lowest BCUT2D eigenvalue weighted by Crippen LogP contribution is -2.55. The first-order chi connectivity index (χ1) is 11.6. The lowest BCUT2D eigenvalue weighted by molar-refractivity contribution is -0.143. The molecule has 0 bridgehead atoms. The molecular formula is C17H21N3O4. The van der Waals surface area contributed by atoms with Crippen LogP contribution in [0, 0.1) is 0 Å². The Kier molecular flexibility index (Phi) is 4.69. The smallest absolute Gasteiger partial charge is 0.255 e. The molecule has 0 radical (unpaired) electrons. The molecule has 3 rings (SSSR count). The summed E-state index contributed by atoms with van der Waals surface area (Å²) in [5.41, 5.74) is 0.464. The first kappa shape index (κ1) is 16.3. The van der Waals surface area contributed by atoms with Crippen molar-refractivity contribution in [3.05, 3.63) is 29.8 Å². The molecule has 0 aliphatic carbocycles. The number of carbonyl (C=O) groups is 3. The zero-order chi connectivity index (χ0) is 17.1. The summed E-state index contributed by atoms with van der Waals surface area (Å²) in [5, 5.41) is 5.49. The van der Waals surface area contributed by atoms with E-state index in [2.05, 4.69) is 10.6 Å². The number of hydrogen-bond donors (Lipinski definition) is 2. The largest absolute Gasteiger partial charge is 0.493 e. The van der Waals surface area contributed by atoms with Crippen molar-refractivity contribution in [1.82, 2.24) is 15.5 Å². The third-order valence-electron chi connectivity index (χ3n) is 4.27. The number of fused-ring (bicyclic) bond motifs is 1. The number of piperazine rings is 1. The highest BCUT2D eigenvalue weighted by atomic mass is 16.5. The van der Waals surface area contributed by atoms with Gasteiger partial charge in [-0.3, -0.25) is 14.4 Å². The van der Waals surface area contributed by atoms with E-state index < -0.39 is 6.04 Å². The fraction of sp³-hybridized carbons (Fsp3) is 0.471. The predicted octanol–water partition coefficient (Wildman–Crippen LogP) is 0.305. The van der Waals surface area contributed by atoms with Crippen molar-refractivity contribution in [2.45, 2.75) is 31.8 Å². The molecular weight excluding hydrogens is 310 g/mol. The Morgan fingerprint density at radius 3 is 2.92 bits per heavy atom. The number of ether oxygens (including phenoxy) is 1. The number of hydrogen-bond acceptors (Lipinski definition) is 4. The number of nitrogens with zero attached hydrogens (tertiary/aromatic N) is 1. The highest BCUT2D eigenvalue weighted by molar-refractivity contribution is 5.98. The molecule has 2 aliphatic heterocycles. The van der Waals surface area contributed by atoms with E-state index in [-0.39, 0.29) is 30.3 Å². The molecule has 0 saturated carbocycles. The summed E-state index contributed by atoms with van der Waals surface area (Å²) < 4.78 is 5.61. The molecule has 0 unspecified atom stereocenters. The van der Waals surface area contributed by atoms with E-state index in [1.165, 1.54) is 0 Å². The summed E-state index contributed by atoms with van der Waals surface area (Å²) in [6, 6.07) is 6.35. The van der Waals surface area contributed by atoms with Crippen LogP contribution in [0.2, 0.25) is 0 Å². The average Bonchev–Trinajstić information content (AvgIpc) is 3.01. The molecule has 7 nitrogen and oxygen atoms in total. The van der Waals surface area contributed by atoms with E-state index in [0.717, 1.165) is 6.42 Å². The highest BCUT2D eigenvalue weighted by Crippen LogP contribution is 2.23. The van der Waals surface area contributed by atoms with Crippen LogP contribution >= 0.6 is 0 Å². The van der Waals surface area contributed by atoms with Gasteiger partial charge in [-0.15, -0.1) is 0 Å². The Morgan fingerprint density at radius 2 is 2.17 bits per heavy atom. The third-order valence-corrected chi connectivity index (χ3v) is 4.27. The molecule has 0 aromatic heterocycles. The molecule has 1 aromatic rings. The summed E-state index contributed by atoms with van der Waals surface area (Å²) in [4.78, 5) is 37.8. The van der Waals surface area contributed by atoms with Crippen LogP contribution in [0.15, 0.2) is 24.3 Å². The van der Waals surface area contributed by atoms with E-state index in [9.17, 15) is 14.4 Å². The Balaban J connectivity index is 1.68. The van der Waals surface area contributed by atoms with Gasteiger partial charge in [0.2, 0.25) is 11.8 Å². The van der Waals surface area contributed by atoms with Crippen molar-refractivity contribution in [2.24, 2.45) is 0 Å². The molecule has 2 aliphatic rings. The van der Waals surface area contributed by atoms with E-state index in [1.807, 2.05) is 13.0 Å². The first-order valence-electron chi connectivity index (χ1n) is 8.20. The lowest BCUT2D eigenvalue weighted by atomic mass is 10.1. The highest BCUT2D eigenvalue weighted by Gasteiger charge is 2.42. The number of amides is 3. The average molecular weight is 331 g/mol. The molecule has 1 aromatic carbocycles. The van der Waals surface area contributed by atoms with E-state index in [1.54, 1.807) is 23.1 Å². The molecule has 2 fully saturated rings. The summed E-state index contributed by atoms with van der Waals surface area (Å²) in [6.07, 6.45) is 1.29. The SMILES string of the molecule is CCCOc1ccccc1C(=O)N[C@@H]1C[C@H]2C(=O)NCC(=O)N2C1. The van der Waals surface area contributed by atoms with E-state index >= 15 is 0 Å². The fourth-order valence-corrected chi connectivity index (χ4v) is 3.10. The lowest BCUT2D eigenvalue weighted by Gasteiger charge is -2.28. The van der Waals surface area contributed by atoms with Crippen LogP contribution in [0.25, 0.3) is 0 Å². The minimum Gasteiger partial charge on any atom is -0.493 e. The summed E-state index contributed by atoms with van der Waals surface area (Å²) in [6.45, 7) is 2.93. The summed E-state index contributed by atoms with van der Waals surface area (Å²) in [5.74, 6) is 0.0295. The molecule has 24 heavy (non-hydrogen) atoms. The maximum Gasteiger partial charge on any atom is 0.255 e. The van der Waals surface area contributed by atoms with Gasteiger partial charge in [-0.05, 0) is 25.0 Å². The Bertz CT molecular complexity index is 637. The fourth-order valence-electron chi connectivity index (χ4n) is 3.10. The second kappa shape index (κ2) is 6.90. The van der Waals surface area contributed by atoms with Gasteiger partial charge in [0.15, 0.2) is 0 Å². The van der Waals surface area contributed by atoms with Crippen LogP contribution in [-0.4, -0.2) is 54.4 Å². The zero-order valence-electron chi connectivity index (χ0n) is 13.6. The zero-order valence-corrected chi connectivity index (χ0v) is 13.6. The minimum atomic E-state index is -0.483. The number of para-hydroxylation sites is 1. The van der Waals surface area contributed by atoms with Crippen LogP contribution in [0.5, 0.6) is 5.75 Å². The van der Waals surface area contributed by atoms with Crippen molar-refractivity contribution < 1.29 is 19.1 Å². The van der Waals surface area contributed by atoms with E-state index in [0.29, 0.717) is 30.9 Å². The molecule has 2 N–H and O–H groups in total. The second-order valence-corrected chi connectivity index (χ2v) is 6.03. The van der Waals surface area contributed by atoms with Crippen molar-refractivity contribution in [3.8, 4) is 5.75 Å². The standard InChI is InChI=1S/C17H21N3O4/c1-2-7-24-14-6-4-3-5-12(14)16(22)19-11-8-13-17(23)18-9-15(21)20(13)10-11/h3-6,11,13H,2,7-10H2,1H3,(H,18,23)(H,19,22)/t11-,13+/m1/s1.